The molecule has 1 N–H and O–H groups in total. The molecule has 7 nitrogen and oxygen atoms in total. The lowest BCUT2D eigenvalue weighted by Gasteiger charge is -2.30. The quantitative estimate of drug-likeness (QED) is 0.622. The van der Waals surface area contributed by atoms with Gasteiger partial charge in [0, 0.05) is 24.9 Å². The standard InChI is InChI=1S/C20H22N2O5/c1-2-26-20(24)17-14-15(5-7-18(17)22-9-12-25-13-10-22)21-19(23)8-6-16-4-3-11-27-16/h3-8,11,14H,2,9-10,12-13H2,1H3,(H,21,23). The van der Waals surface area contributed by atoms with E-state index < -0.39 is 5.97 Å². The van der Waals surface area contributed by atoms with E-state index >= 15 is 0 Å². The molecule has 0 saturated carbocycles. The Morgan fingerprint density at radius 3 is 2.78 bits per heavy atom. The van der Waals surface area contributed by atoms with E-state index in [2.05, 4.69) is 10.2 Å². The first-order chi connectivity index (χ1) is 13.2. The minimum absolute atomic E-state index is 0.282. The van der Waals surface area contributed by atoms with E-state index in [9.17, 15) is 9.59 Å². The van der Waals surface area contributed by atoms with Gasteiger partial charge in [-0.1, -0.05) is 0 Å². The number of nitrogens with one attached hydrogen (secondary N) is 1. The summed E-state index contributed by atoms with van der Waals surface area (Å²) >= 11 is 0. The number of hydrogen-bond donors (Lipinski definition) is 1. The summed E-state index contributed by atoms with van der Waals surface area (Å²) in [5.41, 5.74) is 1.72. The van der Waals surface area contributed by atoms with Crippen LogP contribution in [-0.4, -0.2) is 44.8 Å². The number of benzene rings is 1. The van der Waals surface area contributed by atoms with Crippen molar-refractivity contribution in [2.45, 2.75) is 6.92 Å². The molecule has 1 aromatic heterocycles. The largest absolute Gasteiger partial charge is 0.465 e. The van der Waals surface area contributed by atoms with E-state index in [1.165, 1.54) is 12.3 Å². The van der Waals surface area contributed by atoms with Crippen LogP contribution in [-0.2, 0) is 14.3 Å². The van der Waals surface area contributed by atoms with Gasteiger partial charge in [-0.3, -0.25) is 4.79 Å². The minimum atomic E-state index is -0.416. The summed E-state index contributed by atoms with van der Waals surface area (Å²) in [4.78, 5) is 26.6. The van der Waals surface area contributed by atoms with Gasteiger partial charge in [0.1, 0.15) is 5.76 Å². The topological polar surface area (TPSA) is 81.0 Å². The molecule has 1 aliphatic heterocycles. The smallest absolute Gasteiger partial charge is 0.340 e. The number of nitrogens with zero attached hydrogens (tertiary/aromatic N) is 1. The maximum atomic E-state index is 12.4. The molecule has 2 aromatic rings. The average molecular weight is 370 g/mol. The Labute approximate surface area is 157 Å². The molecule has 0 aliphatic carbocycles. The summed E-state index contributed by atoms with van der Waals surface area (Å²) in [5, 5.41) is 2.75. The van der Waals surface area contributed by atoms with Crippen LogP contribution >= 0.6 is 0 Å². The zero-order valence-corrected chi connectivity index (χ0v) is 15.1. The predicted octanol–water partition coefficient (Wildman–Crippen LogP) is 2.94. The number of ether oxygens (including phenoxy) is 2. The fraction of sp³-hybridized carbons (Fsp3) is 0.300. The number of amides is 1. The van der Waals surface area contributed by atoms with E-state index in [1.807, 2.05) is 6.07 Å². The third kappa shape index (κ3) is 4.98. The highest BCUT2D eigenvalue weighted by atomic mass is 16.5. The Kier molecular flexibility index (Phi) is 6.27. The van der Waals surface area contributed by atoms with E-state index in [4.69, 9.17) is 13.9 Å². The van der Waals surface area contributed by atoms with Gasteiger partial charge in [-0.15, -0.1) is 0 Å². The Morgan fingerprint density at radius 2 is 2.07 bits per heavy atom. The van der Waals surface area contributed by atoms with Gasteiger partial charge in [-0.05, 0) is 43.3 Å². The molecule has 142 valence electrons. The monoisotopic (exact) mass is 370 g/mol. The van der Waals surface area contributed by atoms with Crippen LogP contribution in [0.25, 0.3) is 6.08 Å². The fourth-order valence-electron chi connectivity index (χ4n) is 2.79. The Balaban J connectivity index is 1.78. The maximum Gasteiger partial charge on any atom is 0.340 e. The van der Waals surface area contributed by atoms with Gasteiger partial charge >= 0.3 is 5.97 Å². The van der Waals surface area contributed by atoms with Gasteiger partial charge in [-0.25, -0.2) is 4.79 Å². The third-order valence-corrected chi connectivity index (χ3v) is 4.05. The molecule has 0 radical (unpaired) electrons. The third-order valence-electron chi connectivity index (χ3n) is 4.05. The van der Waals surface area contributed by atoms with E-state index in [1.54, 1.807) is 37.3 Å². The molecule has 1 amide bonds. The molecule has 1 saturated heterocycles. The van der Waals surface area contributed by atoms with Crippen molar-refractivity contribution in [3.8, 4) is 0 Å². The summed E-state index contributed by atoms with van der Waals surface area (Å²) in [6.45, 7) is 4.66. The number of esters is 1. The molecule has 0 bridgehead atoms. The molecule has 3 rings (SSSR count). The van der Waals surface area contributed by atoms with Crippen LogP contribution in [0.15, 0.2) is 47.1 Å². The zero-order valence-electron chi connectivity index (χ0n) is 15.1. The van der Waals surface area contributed by atoms with Crippen LogP contribution in [0.1, 0.15) is 23.0 Å². The van der Waals surface area contributed by atoms with Crippen LogP contribution in [0.3, 0.4) is 0 Å². The van der Waals surface area contributed by atoms with Crippen molar-refractivity contribution in [1.82, 2.24) is 0 Å². The van der Waals surface area contributed by atoms with Crippen molar-refractivity contribution in [3.05, 3.63) is 54.0 Å². The SMILES string of the molecule is CCOC(=O)c1cc(NC(=O)C=Cc2ccco2)ccc1N1CCOCC1. The normalized spacial score (nSPS) is 14.3. The second-order valence-corrected chi connectivity index (χ2v) is 5.89. The molecule has 7 heteroatoms. The number of furan rings is 1. The Hall–Kier alpha value is -3.06. The van der Waals surface area contributed by atoms with Crippen LogP contribution < -0.4 is 10.2 Å². The van der Waals surface area contributed by atoms with E-state index in [0.717, 1.165) is 5.69 Å². The first-order valence-electron chi connectivity index (χ1n) is 8.84. The molecule has 0 atom stereocenters. The van der Waals surface area contributed by atoms with Crippen molar-refractivity contribution in [1.29, 1.82) is 0 Å². The van der Waals surface area contributed by atoms with Gasteiger partial charge in [-0.2, -0.15) is 0 Å². The van der Waals surface area contributed by atoms with Gasteiger partial charge in [0.05, 0.1) is 37.3 Å². The Morgan fingerprint density at radius 1 is 1.26 bits per heavy atom. The van der Waals surface area contributed by atoms with Gasteiger partial charge in [0.15, 0.2) is 0 Å². The van der Waals surface area contributed by atoms with Crippen molar-refractivity contribution in [2.24, 2.45) is 0 Å². The van der Waals surface area contributed by atoms with Crippen LogP contribution in [0.4, 0.5) is 11.4 Å². The number of hydrogen-bond acceptors (Lipinski definition) is 6. The first-order valence-corrected chi connectivity index (χ1v) is 8.84. The van der Waals surface area contributed by atoms with E-state index in [-0.39, 0.29) is 12.5 Å². The molecule has 1 fully saturated rings. The van der Waals surface area contributed by atoms with Crippen molar-refractivity contribution < 1.29 is 23.5 Å². The molecule has 2 heterocycles. The predicted molar refractivity (Wildman–Crippen MR) is 102 cm³/mol. The minimum Gasteiger partial charge on any atom is -0.465 e. The zero-order chi connectivity index (χ0) is 19.1. The summed E-state index contributed by atoms with van der Waals surface area (Å²) in [5.74, 6) is -0.151. The lowest BCUT2D eigenvalue weighted by molar-refractivity contribution is -0.111. The fourth-order valence-corrected chi connectivity index (χ4v) is 2.79. The number of anilines is 2. The molecular weight excluding hydrogens is 348 g/mol. The van der Waals surface area contributed by atoms with Gasteiger partial charge < -0.3 is 24.1 Å². The molecule has 0 spiro atoms. The molecule has 1 aromatic carbocycles. The Bertz CT molecular complexity index is 808. The first kappa shape index (κ1) is 18.7. The van der Waals surface area contributed by atoms with Crippen molar-refractivity contribution in [3.63, 3.8) is 0 Å². The van der Waals surface area contributed by atoms with Gasteiger partial charge in [0.2, 0.25) is 5.91 Å². The number of morpholine rings is 1. The van der Waals surface area contributed by atoms with Crippen LogP contribution in [0, 0.1) is 0 Å². The van der Waals surface area contributed by atoms with Gasteiger partial charge in [0.25, 0.3) is 0 Å². The molecule has 0 unspecified atom stereocenters. The molecule has 27 heavy (non-hydrogen) atoms. The number of rotatable bonds is 6. The highest BCUT2D eigenvalue weighted by molar-refractivity contribution is 6.03. The highest BCUT2D eigenvalue weighted by Gasteiger charge is 2.20. The lowest BCUT2D eigenvalue weighted by atomic mass is 10.1. The summed E-state index contributed by atoms with van der Waals surface area (Å²) < 4.78 is 15.7. The summed E-state index contributed by atoms with van der Waals surface area (Å²) in [6, 6.07) is 8.73. The number of carbonyl (C=O) groups excluding carboxylic acids is 2. The van der Waals surface area contributed by atoms with Crippen LogP contribution in [0.2, 0.25) is 0 Å². The second kappa shape index (κ2) is 9.05. The maximum absolute atomic E-state index is 12.4. The number of carbonyl (C=O) groups is 2. The second-order valence-electron chi connectivity index (χ2n) is 5.89. The molecule has 1 aliphatic rings. The van der Waals surface area contributed by atoms with Crippen molar-refractivity contribution >= 4 is 29.3 Å². The molecular formula is C20H22N2O5. The highest BCUT2D eigenvalue weighted by Crippen LogP contribution is 2.26. The van der Waals surface area contributed by atoms with Crippen LogP contribution in [0.5, 0.6) is 0 Å². The lowest BCUT2D eigenvalue weighted by Crippen LogP contribution is -2.37. The summed E-state index contributed by atoms with van der Waals surface area (Å²) in [7, 11) is 0. The van der Waals surface area contributed by atoms with E-state index in [0.29, 0.717) is 43.3 Å². The summed E-state index contributed by atoms with van der Waals surface area (Å²) in [6.07, 6.45) is 4.48. The van der Waals surface area contributed by atoms with Crippen molar-refractivity contribution in [2.75, 3.05) is 43.1 Å². The average Bonchev–Trinajstić information content (AvgIpc) is 3.21.